The fraction of sp³-hybridized carbons (Fsp3) is 0.213. The van der Waals surface area contributed by atoms with Crippen molar-refractivity contribution in [2.24, 2.45) is 0 Å². The van der Waals surface area contributed by atoms with Crippen molar-refractivity contribution < 1.29 is 14.3 Å². The van der Waals surface area contributed by atoms with Crippen molar-refractivity contribution >= 4 is 39.9 Å². The molecule has 0 N–H and O–H groups in total. The Labute approximate surface area is 320 Å². The zero-order chi connectivity index (χ0) is 38.6. The van der Waals surface area contributed by atoms with Crippen LogP contribution in [0.5, 0.6) is 5.75 Å². The Morgan fingerprint density at radius 2 is 0.926 bits per heavy atom. The number of nitrogens with zero attached hydrogens (tertiary/aromatic N) is 4. The number of ether oxygens (including phenoxy) is 2. The van der Waals surface area contributed by atoms with Crippen LogP contribution in [0.2, 0.25) is 0 Å². The Hall–Kier alpha value is -6.21. The van der Waals surface area contributed by atoms with E-state index in [0.29, 0.717) is 23.5 Å². The number of rotatable bonds is 13. The maximum absolute atomic E-state index is 14.0. The van der Waals surface area contributed by atoms with Gasteiger partial charge >= 0.3 is 5.97 Å². The third-order valence-corrected chi connectivity index (χ3v) is 9.76. The van der Waals surface area contributed by atoms with Gasteiger partial charge < -0.3 is 29.1 Å². The fourth-order valence-corrected chi connectivity index (χ4v) is 6.64. The molecule has 54 heavy (non-hydrogen) atoms. The van der Waals surface area contributed by atoms with Crippen molar-refractivity contribution in [1.29, 1.82) is 0 Å². The molecule has 0 radical (unpaired) electrons. The van der Waals surface area contributed by atoms with Crippen molar-refractivity contribution in [3.63, 3.8) is 0 Å². The number of esters is 1. The molecule has 5 aromatic carbocycles. The second-order valence-corrected chi connectivity index (χ2v) is 14.4. The highest BCUT2D eigenvalue weighted by Gasteiger charge is 2.44. The lowest BCUT2D eigenvalue weighted by atomic mass is 9.83. The first-order valence-corrected chi connectivity index (χ1v) is 18.1. The predicted octanol–water partition coefficient (Wildman–Crippen LogP) is 9.14. The minimum absolute atomic E-state index is 0.329. The monoisotopic (exact) mass is 718 g/mol. The first kappa shape index (κ1) is 37.5. The van der Waals surface area contributed by atoms with Crippen LogP contribution in [0.4, 0.5) is 22.7 Å². The molecule has 0 fully saturated rings. The Morgan fingerprint density at radius 1 is 0.574 bits per heavy atom. The highest BCUT2D eigenvalue weighted by Crippen LogP contribution is 2.46. The molecule has 0 unspecified atom stereocenters. The van der Waals surface area contributed by atoms with E-state index in [0.717, 1.165) is 56.1 Å². The molecule has 1 heterocycles. The van der Waals surface area contributed by atoms with Gasteiger partial charge in [-0.05, 0) is 112 Å². The Bertz CT molecular complexity index is 1940. The maximum Gasteiger partial charge on any atom is 0.340 e. The van der Waals surface area contributed by atoms with Crippen molar-refractivity contribution in [3.05, 3.63) is 173 Å². The van der Waals surface area contributed by atoms with Crippen LogP contribution in [0.1, 0.15) is 38.2 Å². The van der Waals surface area contributed by atoms with Gasteiger partial charge in [-0.15, -0.1) is 0 Å². The second kappa shape index (κ2) is 15.8. The molecule has 7 nitrogen and oxygen atoms in total. The summed E-state index contributed by atoms with van der Waals surface area (Å²) < 4.78 is 12.7. The average molecular weight is 719 g/mol. The van der Waals surface area contributed by atoms with Gasteiger partial charge in [0.1, 0.15) is 12.4 Å². The number of carbonyl (C=O) groups excluding carboxylic acids is 1. The van der Waals surface area contributed by atoms with E-state index >= 15 is 0 Å². The summed E-state index contributed by atoms with van der Waals surface area (Å²) in [6.07, 6.45) is 5.92. The second-order valence-electron chi connectivity index (χ2n) is 14.4. The van der Waals surface area contributed by atoms with Gasteiger partial charge in [0, 0.05) is 84.7 Å². The summed E-state index contributed by atoms with van der Waals surface area (Å²) in [5, 5.41) is 0. The zero-order valence-corrected chi connectivity index (χ0v) is 32.6. The minimum Gasteiger partial charge on any atom is -0.490 e. The van der Waals surface area contributed by atoms with E-state index in [4.69, 9.17) is 9.47 Å². The molecule has 0 aromatic heterocycles. The fourth-order valence-electron chi connectivity index (χ4n) is 6.64. The Morgan fingerprint density at radius 3 is 1.24 bits per heavy atom. The lowest BCUT2D eigenvalue weighted by Gasteiger charge is -2.27. The third kappa shape index (κ3) is 7.91. The topological polar surface area (TPSA) is 48.5 Å². The number of hydrogen-bond donors (Lipinski definition) is 0. The Balaban J connectivity index is 1.69. The largest absolute Gasteiger partial charge is 0.490 e. The standard InChI is InChI=1S/C47H50N4O3/c1-10-29-53-41-27-28-42-45(30-41)47(54-46(42)52,31-43(33-11-19-37(20-12-33)48(2)3)34-13-21-38(22-14-34)49(4)5)32-44(35-15-23-39(24-16-35)50(6)7)36-17-25-40(26-18-36)51(8)9/h10-28,30-32H,1,29H2,2-9H3. The van der Waals surface area contributed by atoms with Crippen LogP contribution < -0.4 is 24.3 Å². The average Bonchev–Trinajstić information content (AvgIpc) is 3.45. The quantitative estimate of drug-likeness (QED) is 0.0889. The van der Waals surface area contributed by atoms with Gasteiger partial charge in [-0.25, -0.2) is 4.79 Å². The zero-order valence-electron chi connectivity index (χ0n) is 32.6. The summed E-state index contributed by atoms with van der Waals surface area (Å²) in [5.74, 6) is 0.223. The molecule has 7 heteroatoms. The van der Waals surface area contributed by atoms with Crippen molar-refractivity contribution in [2.45, 2.75) is 5.60 Å². The van der Waals surface area contributed by atoms with E-state index in [2.05, 4.69) is 135 Å². The molecule has 5 aromatic rings. The first-order valence-electron chi connectivity index (χ1n) is 18.1. The molecule has 1 aliphatic rings. The predicted molar refractivity (Wildman–Crippen MR) is 226 cm³/mol. The van der Waals surface area contributed by atoms with Gasteiger partial charge in [0.25, 0.3) is 0 Å². The van der Waals surface area contributed by atoms with Gasteiger partial charge in [-0.3, -0.25) is 0 Å². The van der Waals surface area contributed by atoms with Crippen LogP contribution in [0, 0.1) is 0 Å². The summed E-state index contributed by atoms with van der Waals surface area (Å²) >= 11 is 0. The van der Waals surface area contributed by atoms with E-state index < -0.39 is 11.6 Å². The third-order valence-electron chi connectivity index (χ3n) is 9.76. The van der Waals surface area contributed by atoms with Gasteiger partial charge in [0.05, 0.1) is 5.56 Å². The van der Waals surface area contributed by atoms with Crippen LogP contribution in [0.3, 0.4) is 0 Å². The molecule has 0 saturated heterocycles. The molecule has 0 spiro atoms. The van der Waals surface area contributed by atoms with Gasteiger partial charge in [0.15, 0.2) is 5.60 Å². The van der Waals surface area contributed by atoms with Crippen LogP contribution in [-0.2, 0) is 10.3 Å². The number of hydrogen-bond acceptors (Lipinski definition) is 7. The number of fused-ring (bicyclic) bond motifs is 1. The molecule has 6 rings (SSSR count). The van der Waals surface area contributed by atoms with Crippen molar-refractivity contribution in [2.75, 3.05) is 82.6 Å². The van der Waals surface area contributed by atoms with Crippen LogP contribution in [0.15, 0.2) is 140 Å². The summed E-state index contributed by atoms with van der Waals surface area (Å²) in [7, 11) is 16.3. The van der Waals surface area contributed by atoms with E-state index in [1.165, 1.54) is 0 Å². The van der Waals surface area contributed by atoms with E-state index in [1.54, 1.807) is 12.1 Å². The highest BCUT2D eigenvalue weighted by molar-refractivity contribution is 5.98. The molecule has 276 valence electrons. The van der Waals surface area contributed by atoms with Crippen molar-refractivity contribution in [3.8, 4) is 5.75 Å². The number of carbonyl (C=O) groups is 1. The SMILES string of the molecule is C=CCOc1ccc2c(c1)C(C=C(c1ccc(N(C)C)cc1)c1ccc(N(C)C)cc1)(C=C(c1ccc(N(C)C)cc1)c1ccc(N(C)C)cc1)OC2=O. The van der Waals surface area contributed by atoms with Crippen molar-refractivity contribution in [1.82, 2.24) is 0 Å². The van der Waals surface area contributed by atoms with E-state index in [1.807, 2.05) is 68.5 Å². The lowest BCUT2D eigenvalue weighted by Crippen LogP contribution is -2.23. The molecule has 0 amide bonds. The lowest BCUT2D eigenvalue weighted by molar-refractivity contribution is 0.0299. The van der Waals surface area contributed by atoms with Crippen LogP contribution >= 0.6 is 0 Å². The first-order chi connectivity index (χ1) is 25.9. The molecule has 0 bridgehead atoms. The normalized spacial score (nSPS) is 12.6. The van der Waals surface area contributed by atoms with Crippen LogP contribution in [-0.4, -0.2) is 69.0 Å². The van der Waals surface area contributed by atoms with Gasteiger partial charge in [-0.1, -0.05) is 61.2 Å². The highest BCUT2D eigenvalue weighted by atomic mass is 16.6. The molecular weight excluding hydrogens is 669 g/mol. The maximum atomic E-state index is 14.0. The molecule has 0 aliphatic carbocycles. The molecular formula is C47H50N4O3. The van der Waals surface area contributed by atoms with E-state index in [9.17, 15) is 4.79 Å². The van der Waals surface area contributed by atoms with Gasteiger partial charge in [-0.2, -0.15) is 0 Å². The summed E-state index contributed by atoms with van der Waals surface area (Å²) in [5.41, 5.74) is 10.00. The number of benzene rings is 5. The smallest absolute Gasteiger partial charge is 0.340 e. The Kier molecular flexibility index (Phi) is 11.0. The summed E-state index contributed by atoms with van der Waals surface area (Å²) in [4.78, 5) is 22.4. The molecule has 0 saturated carbocycles. The minimum atomic E-state index is -1.33. The van der Waals surface area contributed by atoms with E-state index in [-0.39, 0.29) is 0 Å². The molecule has 0 atom stereocenters. The van der Waals surface area contributed by atoms with Gasteiger partial charge in [0.2, 0.25) is 0 Å². The number of cyclic esters (lactones) is 1. The van der Waals surface area contributed by atoms with Crippen LogP contribution in [0.25, 0.3) is 11.1 Å². The number of anilines is 4. The molecule has 1 aliphatic heterocycles. The summed E-state index contributed by atoms with van der Waals surface area (Å²) in [6, 6.07) is 39.4. The summed E-state index contributed by atoms with van der Waals surface area (Å²) in [6.45, 7) is 4.16.